The largest absolute Gasteiger partial charge is 0.399 e. The average molecular weight is 351 g/mol. The van der Waals surface area contributed by atoms with Crippen molar-refractivity contribution in [2.45, 2.75) is 0 Å². The van der Waals surface area contributed by atoms with Crippen LogP contribution in [-0.2, 0) is 0 Å². The van der Waals surface area contributed by atoms with Crippen molar-refractivity contribution in [2.24, 2.45) is 0 Å². The molecular formula is C14H9BrClN3O. The van der Waals surface area contributed by atoms with Crippen LogP contribution in [0.2, 0.25) is 5.02 Å². The van der Waals surface area contributed by atoms with E-state index in [9.17, 15) is 0 Å². The molecule has 1 aromatic heterocycles. The summed E-state index contributed by atoms with van der Waals surface area (Å²) in [5.41, 5.74) is 7.96. The van der Waals surface area contributed by atoms with Gasteiger partial charge in [0.2, 0.25) is 5.82 Å². The molecule has 0 saturated heterocycles. The van der Waals surface area contributed by atoms with E-state index in [0.29, 0.717) is 22.4 Å². The van der Waals surface area contributed by atoms with Crippen molar-refractivity contribution in [1.82, 2.24) is 10.1 Å². The molecule has 3 rings (SSSR count). The van der Waals surface area contributed by atoms with E-state index in [1.54, 1.807) is 24.3 Å². The Kier molecular flexibility index (Phi) is 3.46. The molecule has 0 aliphatic carbocycles. The minimum atomic E-state index is 0.408. The number of hydrogen-bond acceptors (Lipinski definition) is 4. The first kappa shape index (κ1) is 13.1. The Balaban J connectivity index is 2.02. The van der Waals surface area contributed by atoms with Crippen LogP contribution >= 0.6 is 27.5 Å². The number of nitrogen functional groups attached to an aromatic ring is 1. The van der Waals surface area contributed by atoms with Crippen molar-refractivity contribution in [2.75, 3.05) is 5.73 Å². The lowest BCUT2D eigenvalue weighted by atomic mass is 10.2. The van der Waals surface area contributed by atoms with Crippen LogP contribution in [0.15, 0.2) is 51.5 Å². The van der Waals surface area contributed by atoms with Crippen LogP contribution in [0.25, 0.3) is 22.8 Å². The van der Waals surface area contributed by atoms with E-state index in [4.69, 9.17) is 21.9 Å². The Hall–Kier alpha value is -1.85. The molecular weight excluding hydrogens is 342 g/mol. The molecule has 100 valence electrons. The number of anilines is 1. The number of rotatable bonds is 2. The van der Waals surface area contributed by atoms with Gasteiger partial charge in [-0.2, -0.15) is 4.98 Å². The van der Waals surface area contributed by atoms with Crippen LogP contribution in [0, 0.1) is 0 Å². The Morgan fingerprint density at radius 1 is 1.10 bits per heavy atom. The lowest BCUT2D eigenvalue weighted by Gasteiger charge is -1.97. The predicted octanol–water partition coefficient (Wildman–Crippen LogP) is 4.40. The molecule has 20 heavy (non-hydrogen) atoms. The summed E-state index contributed by atoms with van der Waals surface area (Å²) in [4.78, 5) is 4.36. The summed E-state index contributed by atoms with van der Waals surface area (Å²) in [5, 5.41) is 4.56. The molecule has 0 spiro atoms. The molecule has 0 fully saturated rings. The van der Waals surface area contributed by atoms with Gasteiger partial charge >= 0.3 is 0 Å². The molecule has 0 unspecified atom stereocenters. The second-order valence-corrected chi connectivity index (χ2v) is 5.56. The van der Waals surface area contributed by atoms with E-state index in [0.717, 1.165) is 15.6 Å². The van der Waals surface area contributed by atoms with Crippen LogP contribution in [0.4, 0.5) is 5.69 Å². The molecule has 0 aliphatic rings. The molecule has 0 radical (unpaired) electrons. The number of hydrogen-bond donors (Lipinski definition) is 1. The van der Waals surface area contributed by atoms with Crippen molar-refractivity contribution in [1.29, 1.82) is 0 Å². The molecule has 2 aromatic carbocycles. The molecule has 1 heterocycles. The topological polar surface area (TPSA) is 64.9 Å². The number of benzene rings is 2. The normalized spacial score (nSPS) is 10.7. The number of halogens is 2. The zero-order chi connectivity index (χ0) is 14.1. The van der Waals surface area contributed by atoms with Crippen LogP contribution in [0.5, 0.6) is 0 Å². The summed E-state index contributed by atoms with van der Waals surface area (Å²) in [6.07, 6.45) is 0. The SMILES string of the molecule is Nc1cccc(-c2noc(-c3cc(Cl)cc(Br)c3)n2)c1. The van der Waals surface area contributed by atoms with Gasteiger partial charge in [-0.25, -0.2) is 0 Å². The first-order valence-electron chi connectivity index (χ1n) is 5.78. The molecule has 3 aromatic rings. The van der Waals surface area contributed by atoms with E-state index in [1.807, 2.05) is 18.2 Å². The van der Waals surface area contributed by atoms with Gasteiger partial charge in [-0.3, -0.25) is 0 Å². The first-order valence-corrected chi connectivity index (χ1v) is 6.95. The maximum Gasteiger partial charge on any atom is 0.258 e. The quantitative estimate of drug-likeness (QED) is 0.696. The summed E-state index contributed by atoms with van der Waals surface area (Å²) in [5.74, 6) is 0.897. The van der Waals surface area contributed by atoms with Gasteiger partial charge in [0.15, 0.2) is 0 Å². The highest BCUT2D eigenvalue weighted by Gasteiger charge is 2.11. The van der Waals surface area contributed by atoms with Gasteiger partial charge in [-0.1, -0.05) is 44.8 Å². The van der Waals surface area contributed by atoms with Crippen molar-refractivity contribution in [3.8, 4) is 22.8 Å². The summed E-state index contributed by atoms with van der Waals surface area (Å²) < 4.78 is 6.12. The lowest BCUT2D eigenvalue weighted by Crippen LogP contribution is -1.86. The van der Waals surface area contributed by atoms with E-state index in [1.165, 1.54) is 0 Å². The minimum Gasteiger partial charge on any atom is -0.399 e. The van der Waals surface area contributed by atoms with Crippen molar-refractivity contribution >= 4 is 33.2 Å². The molecule has 0 saturated carbocycles. The van der Waals surface area contributed by atoms with Gasteiger partial charge in [0.05, 0.1) is 0 Å². The van der Waals surface area contributed by atoms with Crippen molar-refractivity contribution in [3.05, 3.63) is 52.0 Å². The third-order valence-electron chi connectivity index (χ3n) is 2.68. The third-order valence-corrected chi connectivity index (χ3v) is 3.36. The van der Waals surface area contributed by atoms with E-state index < -0.39 is 0 Å². The van der Waals surface area contributed by atoms with E-state index in [-0.39, 0.29) is 0 Å². The zero-order valence-corrected chi connectivity index (χ0v) is 12.5. The first-order chi connectivity index (χ1) is 9.61. The standard InChI is InChI=1S/C14H9BrClN3O/c15-10-4-9(5-11(16)7-10)14-18-13(19-20-14)8-2-1-3-12(17)6-8/h1-7H,17H2. The van der Waals surface area contributed by atoms with Crippen LogP contribution in [0.1, 0.15) is 0 Å². The Morgan fingerprint density at radius 2 is 1.95 bits per heavy atom. The number of nitrogens with two attached hydrogens (primary N) is 1. The molecule has 0 aliphatic heterocycles. The van der Waals surface area contributed by atoms with Gasteiger partial charge in [0.1, 0.15) is 0 Å². The lowest BCUT2D eigenvalue weighted by molar-refractivity contribution is 0.432. The fraction of sp³-hybridized carbons (Fsp3) is 0. The Morgan fingerprint density at radius 3 is 2.70 bits per heavy atom. The monoisotopic (exact) mass is 349 g/mol. The fourth-order valence-electron chi connectivity index (χ4n) is 1.81. The van der Waals surface area contributed by atoms with Crippen LogP contribution < -0.4 is 5.73 Å². The molecule has 0 bridgehead atoms. The molecule has 2 N–H and O–H groups in total. The summed E-state index contributed by atoms with van der Waals surface area (Å²) >= 11 is 9.39. The smallest absolute Gasteiger partial charge is 0.258 e. The summed E-state index contributed by atoms with van der Waals surface area (Å²) in [6.45, 7) is 0. The highest BCUT2D eigenvalue weighted by Crippen LogP contribution is 2.28. The van der Waals surface area contributed by atoms with Crippen LogP contribution in [0.3, 0.4) is 0 Å². The van der Waals surface area contributed by atoms with Gasteiger partial charge in [0, 0.05) is 26.3 Å². The highest BCUT2D eigenvalue weighted by molar-refractivity contribution is 9.10. The maximum atomic E-state index is 6.01. The van der Waals surface area contributed by atoms with E-state index in [2.05, 4.69) is 26.1 Å². The maximum absolute atomic E-state index is 6.01. The Bertz CT molecular complexity index is 752. The summed E-state index contributed by atoms with van der Waals surface area (Å²) in [6, 6.07) is 12.7. The fourth-order valence-corrected chi connectivity index (χ4v) is 2.67. The van der Waals surface area contributed by atoms with Crippen molar-refractivity contribution < 1.29 is 4.52 Å². The number of aromatic nitrogens is 2. The van der Waals surface area contributed by atoms with Crippen molar-refractivity contribution in [3.63, 3.8) is 0 Å². The third kappa shape index (κ3) is 2.69. The minimum absolute atomic E-state index is 0.408. The van der Waals surface area contributed by atoms with Gasteiger partial charge in [-0.05, 0) is 30.3 Å². The highest BCUT2D eigenvalue weighted by atomic mass is 79.9. The zero-order valence-electron chi connectivity index (χ0n) is 10.2. The van der Waals surface area contributed by atoms with Gasteiger partial charge in [0.25, 0.3) is 5.89 Å². The molecule has 6 heteroatoms. The molecule has 0 atom stereocenters. The second kappa shape index (κ2) is 5.26. The van der Waals surface area contributed by atoms with E-state index >= 15 is 0 Å². The Labute approximate surface area is 128 Å². The molecule has 4 nitrogen and oxygen atoms in total. The average Bonchev–Trinajstić information content (AvgIpc) is 2.87. The molecule has 0 amide bonds. The number of nitrogens with zero attached hydrogens (tertiary/aromatic N) is 2. The summed E-state index contributed by atoms with van der Waals surface area (Å²) in [7, 11) is 0. The van der Waals surface area contributed by atoms with Gasteiger partial charge in [-0.15, -0.1) is 0 Å². The second-order valence-electron chi connectivity index (χ2n) is 4.21. The van der Waals surface area contributed by atoms with Gasteiger partial charge < -0.3 is 10.3 Å². The van der Waals surface area contributed by atoms with Crippen LogP contribution in [-0.4, -0.2) is 10.1 Å². The predicted molar refractivity (Wildman–Crippen MR) is 82.3 cm³/mol.